The summed E-state index contributed by atoms with van der Waals surface area (Å²) in [7, 11) is -3.47. The second kappa shape index (κ2) is 9.07. The molecule has 2 heterocycles. The Morgan fingerprint density at radius 3 is 2.39 bits per heavy atom. The summed E-state index contributed by atoms with van der Waals surface area (Å²) in [6.07, 6.45) is 1.90. The third kappa shape index (κ3) is 4.84. The van der Waals surface area contributed by atoms with Crippen LogP contribution in [0.1, 0.15) is 43.4 Å². The van der Waals surface area contributed by atoms with E-state index in [1.165, 1.54) is 21.2 Å². The number of benzene rings is 1. The van der Waals surface area contributed by atoms with Crippen molar-refractivity contribution in [3.05, 3.63) is 51.3 Å². The van der Waals surface area contributed by atoms with Gasteiger partial charge in [0.15, 0.2) is 0 Å². The van der Waals surface area contributed by atoms with Crippen LogP contribution in [-0.2, 0) is 14.8 Å². The minimum atomic E-state index is -3.47. The highest BCUT2D eigenvalue weighted by molar-refractivity contribution is 9.11. The fraction of sp³-hybridized carbons (Fsp3) is 0.450. The fourth-order valence-electron chi connectivity index (χ4n) is 3.43. The van der Waals surface area contributed by atoms with Gasteiger partial charge in [-0.2, -0.15) is 4.31 Å². The van der Waals surface area contributed by atoms with Gasteiger partial charge in [0.1, 0.15) is 4.21 Å². The molecule has 0 bridgehead atoms. The van der Waals surface area contributed by atoms with E-state index in [1.54, 1.807) is 12.1 Å². The largest absolute Gasteiger partial charge is 0.349 e. The number of halogens is 1. The molecule has 8 heteroatoms. The van der Waals surface area contributed by atoms with Crippen LogP contribution in [-0.4, -0.2) is 31.7 Å². The zero-order chi connectivity index (χ0) is 20.3. The van der Waals surface area contributed by atoms with Crippen LogP contribution in [0.15, 0.2) is 44.4 Å². The number of piperidine rings is 1. The Morgan fingerprint density at radius 1 is 1.21 bits per heavy atom. The monoisotopic (exact) mass is 484 g/mol. The molecule has 1 atom stereocenters. The van der Waals surface area contributed by atoms with Crippen molar-refractivity contribution in [1.29, 1.82) is 0 Å². The number of amides is 1. The molecule has 1 aromatic carbocycles. The highest BCUT2D eigenvalue weighted by Gasteiger charge is 2.33. The van der Waals surface area contributed by atoms with Gasteiger partial charge in [-0.1, -0.05) is 36.8 Å². The zero-order valence-electron chi connectivity index (χ0n) is 16.0. The Kier molecular flexibility index (Phi) is 6.96. The van der Waals surface area contributed by atoms with E-state index in [0.717, 1.165) is 15.8 Å². The van der Waals surface area contributed by atoms with E-state index in [4.69, 9.17) is 0 Å². The van der Waals surface area contributed by atoms with Crippen molar-refractivity contribution < 1.29 is 13.2 Å². The molecule has 3 rings (SSSR count). The smallest absolute Gasteiger partial charge is 0.252 e. The Labute approximate surface area is 179 Å². The van der Waals surface area contributed by atoms with Crippen LogP contribution in [0.4, 0.5) is 0 Å². The zero-order valence-corrected chi connectivity index (χ0v) is 19.2. The first kappa shape index (κ1) is 21.5. The third-order valence-corrected chi connectivity index (χ3v) is 9.16. The van der Waals surface area contributed by atoms with Gasteiger partial charge in [-0.25, -0.2) is 8.42 Å². The van der Waals surface area contributed by atoms with Gasteiger partial charge < -0.3 is 5.32 Å². The molecular formula is C20H25BrN2O3S2. The second-order valence-electron chi connectivity index (χ2n) is 7.12. The molecule has 1 fully saturated rings. The lowest BCUT2D eigenvalue weighted by Crippen LogP contribution is -2.43. The van der Waals surface area contributed by atoms with Gasteiger partial charge in [-0.05, 0) is 59.8 Å². The molecule has 1 aliphatic rings. The summed E-state index contributed by atoms with van der Waals surface area (Å²) >= 11 is 4.53. The highest BCUT2D eigenvalue weighted by atomic mass is 79.9. The van der Waals surface area contributed by atoms with Crippen LogP contribution in [0.2, 0.25) is 0 Å². The van der Waals surface area contributed by atoms with E-state index in [9.17, 15) is 13.2 Å². The van der Waals surface area contributed by atoms with Crippen LogP contribution < -0.4 is 5.32 Å². The van der Waals surface area contributed by atoms with Crippen molar-refractivity contribution in [2.75, 3.05) is 13.1 Å². The van der Waals surface area contributed by atoms with Crippen LogP contribution in [0.5, 0.6) is 0 Å². The number of hydrogen-bond acceptors (Lipinski definition) is 4. The Hall–Kier alpha value is -1.22. The SMILES string of the molecule is CCC(NC(=O)C1CCN(S(=O)(=O)c2ccc(Br)s2)CC1)c1ccc(C)cc1. The summed E-state index contributed by atoms with van der Waals surface area (Å²) in [5.41, 5.74) is 2.29. The normalized spacial score (nSPS) is 17.4. The highest BCUT2D eigenvalue weighted by Crippen LogP contribution is 2.31. The average molecular weight is 485 g/mol. The molecule has 1 saturated heterocycles. The summed E-state index contributed by atoms with van der Waals surface area (Å²) in [5, 5.41) is 3.15. The standard InChI is InChI=1S/C20H25BrN2O3S2/c1-3-17(15-6-4-14(2)5-7-15)22-20(24)16-10-12-23(13-11-16)28(25,26)19-9-8-18(21)27-19/h4-9,16-17H,3,10-13H2,1-2H3,(H,22,24). The first-order valence-electron chi connectivity index (χ1n) is 9.43. The van der Waals surface area contributed by atoms with Gasteiger partial charge in [0, 0.05) is 19.0 Å². The van der Waals surface area contributed by atoms with Crippen LogP contribution in [0.25, 0.3) is 0 Å². The summed E-state index contributed by atoms with van der Waals surface area (Å²) in [4.78, 5) is 12.8. The molecular weight excluding hydrogens is 460 g/mol. The summed E-state index contributed by atoms with van der Waals surface area (Å²) in [5.74, 6) is -0.135. The third-order valence-electron chi connectivity index (χ3n) is 5.17. The molecule has 0 saturated carbocycles. The maximum atomic E-state index is 12.8. The van der Waals surface area contributed by atoms with Gasteiger partial charge in [0.25, 0.3) is 10.0 Å². The number of carbonyl (C=O) groups is 1. The van der Waals surface area contributed by atoms with Crippen molar-refractivity contribution >= 4 is 43.2 Å². The van der Waals surface area contributed by atoms with Crippen molar-refractivity contribution in [1.82, 2.24) is 9.62 Å². The lowest BCUT2D eigenvalue weighted by Gasteiger charge is -2.31. The van der Waals surface area contributed by atoms with Crippen molar-refractivity contribution in [3.63, 3.8) is 0 Å². The number of nitrogens with zero attached hydrogens (tertiary/aromatic N) is 1. The second-order valence-corrected chi connectivity index (χ2v) is 11.7. The minimum Gasteiger partial charge on any atom is -0.349 e. The van der Waals surface area contributed by atoms with Gasteiger partial charge in [0.05, 0.1) is 9.83 Å². The summed E-state index contributed by atoms with van der Waals surface area (Å²) < 4.78 is 28.1. The van der Waals surface area contributed by atoms with E-state index in [1.807, 2.05) is 6.92 Å². The molecule has 0 spiro atoms. The number of hydrogen-bond donors (Lipinski definition) is 1. The first-order chi connectivity index (χ1) is 13.3. The van der Waals surface area contributed by atoms with Gasteiger partial charge in [0.2, 0.25) is 5.91 Å². The predicted molar refractivity (Wildman–Crippen MR) is 116 cm³/mol. The fourth-order valence-corrected chi connectivity index (χ4v) is 7.07. The molecule has 1 N–H and O–H groups in total. The number of thiophene rings is 1. The minimum absolute atomic E-state index is 0.0154. The Bertz CT molecular complexity index is 917. The van der Waals surface area contributed by atoms with Crippen LogP contribution in [0, 0.1) is 12.8 Å². The lowest BCUT2D eigenvalue weighted by molar-refractivity contribution is -0.126. The molecule has 152 valence electrons. The molecule has 1 aromatic heterocycles. The van der Waals surface area contributed by atoms with Crippen molar-refractivity contribution in [2.45, 2.75) is 43.4 Å². The van der Waals surface area contributed by atoms with E-state index < -0.39 is 10.0 Å². The Morgan fingerprint density at radius 2 is 1.86 bits per heavy atom. The molecule has 1 amide bonds. The van der Waals surface area contributed by atoms with E-state index >= 15 is 0 Å². The molecule has 0 radical (unpaired) electrons. The van der Waals surface area contributed by atoms with E-state index in [-0.39, 0.29) is 17.9 Å². The molecule has 1 aliphatic heterocycles. The quantitative estimate of drug-likeness (QED) is 0.656. The number of rotatable bonds is 6. The molecule has 2 aromatic rings. The maximum Gasteiger partial charge on any atom is 0.252 e. The van der Waals surface area contributed by atoms with Gasteiger partial charge in [-0.15, -0.1) is 11.3 Å². The lowest BCUT2D eigenvalue weighted by atomic mass is 9.95. The number of nitrogens with one attached hydrogen (secondary N) is 1. The predicted octanol–water partition coefficient (Wildman–Crippen LogP) is 4.49. The first-order valence-corrected chi connectivity index (χ1v) is 12.5. The van der Waals surface area contributed by atoms with Crippen LogP contribution >= 0.6 is 27.3 Å². The van der Waals surface area contributed by atoms with Gasteiger partial charge >= 0.3 is 0 Å². The maximum absolute atomic E-state index is 12.8. The summed E-state index contributed by atoms with van der Waals surface area (Å²) in [6.45, 7) is 4.84. The number of carbonyl (C=O) groups excluding carboxylic acids is 1. The molecule has 1 unspecified atom stereocenters. The van der Waals surface area contributed by atoms with Crippen molar-refractivity contribution in [3.8, 4) is 0 Å². The number of aryl methyl sites for hydroxylation is 1. The summed E-state index contributed by atoms with van der Waals surface area (Å²) in [6, 6.07) is 11.6. The Balaban J connectivity index is 1.59. The topological polar surface area (TPSA) is 66.5 Å². The molecule has 5 nitrogen and oxygen atoms in total. The van der Waals surface area contributed by atoms with E-state index in [0.29, 0.717) is 30.1 Å². The number of sulfonamides is 1. The van der Waals surface area contributed by atoms with E-state index in [2.05, 4.69) is 52.4 Å². The van der Waals surface area contributed by atoms with Gasteiger partial charge in [-0.3, -0.25) is 4.79 Å². The average Bonchev–Trinajstić information content (AvgIpc) is 3.14. The molecule has 0 aliphatic carbocycles. The molecule has 28 heavy (non-hydrogen) atoms. The van der Waals surface area contributed by atoms with Crippen molar-refractivity contribution in [2.24, 2.45) is 5.92 Å². The van der Waals surface area contributed by atoms with Crippen LogP contribution in [0.3, 0.4) is 0 Å².